The molecule has 1 aromatic carbocycles. The van der Waals surface area contributed by atoms with Gasteiger partial charge in [-0.05, 0) is 31.4 Å². The van der Waals surface area contributed by atoms with Crippen molar-refractivity contribution < 1.29 is 4.74 Å². The number of anilines is 3. The van der Waals surface area contributed by atoms with Crippen LogP contribution in [0.1, 0.15) is 26.0 Å². The summed E-state index contributed by atoms with van der Waals surface area (Å²) in [5, 5.41) is 6.57. The molecule has 0 unspecified atom stereocenters. The average Bonchev–Trinajstić information content (AvgIpc) is 2.46. The largest absolute Gasteiger partial charge is 0.497 e. The summed E-state index contributed by atoms with van der Waals surface area (Å²) < 4.78 is 5.23. The Bertz CT molecular complexity index is 613. The Hall–Kier alpha value is -2.30. The number of rotatable bonds is 7. The number of nitrogens with one attached hydrogen (secondary N) is 2. The molecule has 0 saturated heterocycles. The van der Waals surface area contributed by atoms with Gasteiger partial charge in [0, 0.05) is 30.1 Å². The zero-order chi connectivity index (χ0) is 15.9. The molecule has 0 fully saturated rings. The third-order valence-electron chi connectivity index (χ3n) is 3.20. The standard InChI is InChI=1S/C17H24N4O/c1-12(2)8-9-18-17-19-13(3)10-16(21-17)20-14-6-5-7-15(11-14)22-4/h5-7,10-12H,8-9H2,1-4H3,(H2,18,19,20,21). The van der Waals surface area contributed by atoms with Crippen molar-refractivity contribution in [3.63, 3.8) is 0 Å². The van der Waals surface area contributed by atoms with Crippen molar-refractivity contribution in [1.29, 1.82) is 0 Å². The van der Waals surface area contributed by atoms with Crippen molar-refractivity contribution in [1.82, 2.24) is 9.97 Å². The molecule has 22 heavy (non-hydrogen) atoms. The van der Waals surface area contributed by atoms with Gasteiger partial charge in [0.15, 0.2) is 0 Å². The SMILES string of the molecule is COc1cccc(Nc2cc(C)nc(NCCC(C)C)n2)c1. The minimum absolute atomic E-state index is 0.658. The number of aromatic nitrogens is 2. The first-order valence-corrected chi connectivity index (χ1v) is 7.57. The van der Waals surface area contributed by atoms with Gasteiger partial charge in [0.2, 0.25) is 5.95 Å². The highest BCUT2D eigenvalue weighted by molar-refractivity contribution is 5.59. The molecular weight excluding hydrogens is 276 g/mol. The quantitative estimate of drug-likeness (QED) is 0.809. The van der Waals surface area contributed by atoms with Crippen LogP contribution in [0.3, 0.4) is 0 Å². The Balaban J connectivity index is 2.08. The lowest BCUT2D eigenvalue weighted by molar-refractivity contribution is 0.415. The molecule has 0 saturated carbocycles. The van der Waals surface area contributed by atoms with Crippen molar-refractivity contribution in [2.45, 2.75) is 27.2 Å². The minimum atomic E-state index is 0.658. The highest BCUT2D eigenvalue weighted by Crippen LogP contribution is 2.21. The molecule has 0 spiro atoms. The lowest BCUT2D eigenvalue weighted by Crippen LogP contribution is -2.09. The summed E-state index contributed by atoms with van der Waals surface area (Å²) in [6.07, 6.45) is 1.09. The molecule has 0 atom stereocenters. The Morgan fingerprint density at radius 3 is 2.73 bits per heavy atom. The maximum Gasteiger partial charge on any atom is 0.224 e. The zero-order valence-corrected chi connectivity index (χ0v) is 13.7. The van der Waals surface area contributed by atoms with Gasteiger partial charge in [0.1, 0.15) is 11.6 Å². The topological polar surface area (TPSA) is 59.1 Å². The summed E-state index contributed by atoms with van der Waals surface area (Å²) in [7, 11) is 1.66. The van der Waals surface area contributed by atoms with Gasteiger partial charge in [-0.2, -0.15) is 4.98 Å². The first kappa shape index (κ1) is 16.1. The molecule has 0 aliphatic heterocycles. The highest BCUT2D eigenvalue weighted by atomic mass is 16.5. The van der Waals surface area contributed by atoms with Gasteiger partial charge in [-0.15, -0.1) is 0 Å². The molecule has 2 N–H and O–H groups in total. The first-order valence-electron chi connectivity index (χ1n) is 7.57. The van der Waals surface area contributed by atoms with E-state index < -0.39 is 0 Å². The normalized spacial score (nSPS) is 10.6. The van der Waals surface area contributed by atoms with E-state index in [9.17, 15) is 0 Å². The molecule has 0 bridgehead atoms. The van der Waals surface area contributed by atoms with E-state index >= 15 is 0 Å². The van der Waals surface area contributed by atoms with Crippen LogP contribution in [0.2, 0.25) is 0 Å². The lowest BCUT2D eigenvalue weighted by Gasteiger charge is -2.11. The van der Waals surface area contributed by atoms with Gasteiger partial charge in [-0.1, -0.05) is 19.9 Å². The smallest absolute Gasteiger partial charge is 0.224 e. The Labute approximate surface area is 132 Å². The average molecular weight is 300 g/mol. The van der Waals surface area contributed by atoms with E-state index in [1.54, 1.807) is 7.11 Å². The maximum absolute atomic E-state index is 5.23. The molecule has 0 aliphatic carbocycles. The molecule has 5 heteroatoms. The van der Waals surface area contributed by atoms with Crippen LogP contribution >= 0.6 is 0 Å². The fraction of sp³-hybridized carbons (Fsp3) is 0.412. The van der Waals surface area contributed by atoms with Gasteiger partial charge < -0.3 is 15.4 Å². The Kier molecular flexibility index (Phi) is 5.58. The van der Waals surface area contributed by atoms with Gasteiger partial charge in [-0.3, -0.25) is 0 Å². The lowest BCUT2D eigenvalue weighted by atomic mass is 10.1. The predicted octanol–water partition coefficient (Wildman–Crippen LogP) is 4.00. The van der Waals surface area contributed by atoms with Crippen LogP contribution in [-0.4, -0.2) is 23.6 Å². The van der Waals surface area contributed by atoms with Crippen molar-refractivity contribution in [3.8, 4) is 5.75 Å². The monoisotopic (exact) mass is 300 g/mol. The number of aryl methyl sites for hydroxylation is 1. The maximum atomic E-state index is 5.23. The van der Waals surface area contributed by atoms with Crippen molar-refractivity contribution in [3.05, 3.63) is 36.0 Å². The number of ether oxygens (including phenoxy) is 1. The van der Waals surface area contributed by atoms with Gasteiger partial charge >= 0.3 is 0 Å². The molecule has 0 radical (unpaired) electrons. The molecule has 5 nitrogen and oxygen atoms in total. The van der Waals surface area contributed by atoms with E-state index in [2.05, 4.69) is 34.4 Å². The molecule has 0 aliphatic rings. The van der Waals surface area contributed by atoms with E-state index in [1.165, 1.54) is 0 Å². The molecule has 1 heterocycles. The minimum Gasteiger partial charge on any atom is -0.497 e. The van der Waals surface area contributed by atoms with E-state index in [-0.39, 0.29) is 0 Å². The van der Waals surface area contributed by atoms with Crippen LogP contribution in [0, 0.1) is 12.8 Å². The fourth-order valence-electron chi connectivity index (χ4n) is 2.03. The van der Waals surface area contributed by atoms with Gasteiger partial charge in [-0.25, -0.2) is 4.98 Å². The summed E-state index contributed by atoms with van der Waals surface area (Å²) in [6, 6.07) is 9.69. The second-order valence-electron chi connectivity index (χ2n) is 5.68. The summed E-state index contributed by atoms with van der Waals surface area (Å²) in [4.78, 5) is 8.93. The summed E-state index contributed by atoms with van der Waals surface area (Å²) in [5.74, 6) is 2.90. The number of hydrogen-bond acceptors (Lipinski definition) is 5. The number of methoxy groups -OCH3 is 1. The van der Waals surface area contributed by atoms with Crippen LogP contribution in [-0.2, 0) is 0 Å². The summed E-state index contributed by atoms with van der Waals surface area (Å²) in [5.41, 5.74) is 1.86. The van der Waals surface area contributed by atoms with Crippen LogP contribution in [0.4, 0.5) is 17.5 Å². The third kappa shape index (κ3) is 4.91. The van der Waals surface area contributed by atoms with E-state index in [1.807, 2.05) is 37.3 Å². The number of nitrogens with zero attached hydrogens (tertiary/aromatic N) is 2. The predicted molar refractivity (Wildman–Crippen MR) is 91.0 cm³/mol. The number of benzene rings is 1. The highest BCUT2D eigenvalue weighted by Gasteiger charge is 2.04. The van der Waals surface area contributed by atoms with Crippen LogP contribution in [0.25, 0.3) is 0 Å². The second kappa shape index (κ2) is 7.64. The van der Waals surface area contributed by atoms with E-state index in [0.717, 1.165) is 35.9 Å². The fourth-order valence-corrected chi connectivity index (χ4v) is 2.03. The van der Waals surface area contributed by atoms with Crippen molar-refractivity contribution in [2.75, 3.05) is 24.3 Å². The molecular formula is C17H24N4O. The second-order valence-corrected chi connectivity index (χ2v) is 5.68. The molecule has 0 amide bonds. The summed E-state index contributed by atoms with van der Waals surface area (Å²) in [6.45, 7) is 7.24. The van der Waals surface area contributed by atoms with Crippen LogP contribution in [0.15, 0.2) is 30.3 Å². The zero-order valence-electron chi connectivity index (χ0n) is 13.7. The van der Waals surface area contributed by atoms with E-state index in [0.29, 0.717) is 11.9 Å². The van der Waals surface area contributed by atoms with E-state index in [4.69, 9.17) is 4.74 Å². The first-order chi connectivity index (χ1) is 10.6. The number of hydrogen-bond donors (Lipinski definition) is 2. The molecule has 118 valence electrons. The molecule has 1 aromatic heterocycles. The van der Waals surface area contributed by atoms with Crippen LogP contribution in [0.5, 0.6) is 5.75 Å². The molecule has 2 rings (SSSR count). The molecule has 2 aromatic rings. The Morgan fingerprint density at radius 2 is 2.00 bits per heavy atom. The van der Waals surface area contributed by atoms with Crippen molar-refractivity contribution >= 4 is 17.5 Å². The van der Waals surface area contributed by atoms with Crippen molar-refractivity contribution in [2.24, 2.45) is 5.92 Å². The van der Waals surface area contributed by atoms with Gasteiger partial charge in [0.25, 0.3) is 0 Å². The third-order valence-corrected chi connectivity index (χ3v) is 3.20. The van der Waals surface area contributed by atoms with Gasteiger partial charge in [0.05, 0.1) is 7.11 Å². The van der Waals surface area contributed by atoms with Crippen LogP contribution < -0.4 is 15.4 Å². The Morgan fingerprint density at radius 1 is 1.18 bits per heavy atom. The summed E-state index contributed by atoms with van der Waals surface area (Å²) >= 11 is 0.